The molecule has 0 amide bonds. The van der Waals surface area contributed by atoms with Crippen LogP contribution in [0.2, 0.25) is 0 Å². The van der Waals surface area contributed by atoms with Crippen molar-refractivity contribution in [2.45, 2.75) is 6.92 Å². The number of hydrogen-bond acceptors (Lipinski definition) is 2. The number of aromatic nitrogens is 2. The van der Waals surface area contributed by atoms with E-state index >= 15 is 0 Å². The van der Waals surface area contributed by atoms with Crippen LogP contribution in [0.3, 0.4) is 0 Å². The summed E-state index contributed by atoms with van der Waals surface area (Å²) in [6, 6.07) is 11.9. The Kier molecular flexibility index (Phi) is 2.29. The Morgan fingerprint density at radius 3 is 2.88 bits per heavy atom. The van der Waals surface area contributed by atoms with E-state index in [2.05, 4.69) is 16.0 Å². The molecule has 2 aromatic heterocycles. The summed E-state index contributed by atoms with van der Waals surface area (Å²) in [5.41, 5.74) is 2.24. The molecule has 3 aromatic rings. The van der Waals surface area contributed by atoms with Gasteiger partial charge in [-0.1, -0.05) is 0 Å². The van der Waals surface area contributed by atoms with Crippen LogP contribution in [0.4, 0.5) is 0 Å². The minimum Gasteiger partial charge on any atom is -0.456 e. The monoisotopic (exact) mass is 224 g/mol. The molecule has 2 heterocycles. The highest BCUT2D eigenvalue weighted by molar-refractivity contribution is 5.81. The van der Waals surface area contributed by atoms with Crippen molar-refractivity contribution < 1.29 is 4.74 Å². The molecule has 3 heteroatoms. The first kappa shape index (κ1) is 9.90. The number of nitrogens with zero attached hydrogens (tertiary/aromatic N) is 1. The van der Waals surface area contributed by atoms with Gasteiger partial charge in [-0.3, -0.25) is 4.98 Å². The van der Waals surface area contributed by atoms with E-state index < -0.39 is 0 Å². The van der Waals surface area contributed by atoms with E-state index in [4.69, 9.17) is 4.74 Å². The molecule has 0 radical (unpaired) electrons. The van der Waals surface area contributed by atoms with Crippen molar-refractivity contribution in [2.75, 3.05) is 0 Å². The first-order valence-electron chi connectivity index (χ1n) is 5.48. The molecule has 0 saturated carbocycles. The number of rotatable bonds is 2. The van der Waals surface area contributed by atoms with Crippen LogP contribution in [-0.2, 0) is 0 Å². The average Bonchev–Trinajstić information content (AvgIpc) is 2.70. The largest absolute Gasteiger partial charge is 0.456 e. The Bertz CT molecular complexity index is 644. The molecule has 1 N–H and O–H groups in total. The highest BCUT2D eigenvalue weighted by Crippen LogP contribution is 2.25. The van der Waals surface area contributed by atoms with Gasteiger partial charge in [-0.25, -0.2) is 0 Å². The third-order valence-corrected chi connectivity index (χ3v) is 2.60. The van der Waals surface area contributed by atoms with E-state index in [1.807, 2.05) is 37.3 Å². The first-order valence-corrected chi connectivity index (χ1v) is 5.48. The van der Waals surface area contributed by atoms with Crippen molar-refractivity contribution in [1.29, 1.82) is 0 Å². The molecular formula is C14H12N2O. The van der Waals surface area contributed by atoms with Gasteiger partial charge in [0.15, 0.2) is 0 Å². The number of ether oxygens (including phenoxy) is 1. The van der Waals surface area contributed by atoms with E-state index in [1.165, 1.54) is 5.39 Å². The van der Waals surface area contributed by atoms with Crippen LogP contribution in [0.1, 0.15) is 5.69 Å². The summed E-state index contributed by atoms with van der Waals surface area (Å²) >= 11 is 0. The minimum absolute atomic E-state index is 0.745. The van der Waals surface area contributed by atoms with Crippen LogP contribution >= 0.6 is 0 Å². The number of aryl methyl sites for hydroxylation is 1. The fourth-order valence-electron chi connectivity index (χ4n) is 1.86. The quantitative estimate of drug-likeness (QED) is 0.721. The molecule has 0 aliphatic rings. The van der Waals surface area contributed by atoms with Crippen molar-refractivity contribution in [3.05, 3.63) is 54.5 Å². The number of fused-ring (bicyclic) bond motifs is 1. The Labute approximate surface area is 99.1 Å². The second-order valence-corrected chi connectivity index (χ2v) is 3.99. The maximum atomic E-state index is 5.71. The lowest BCUT2D eigenvalue weighted by molar-refractivity contribution is 0.481. The minimum atomic E-state index is 0.745. The van der Waals surface area contributed by atoms with Crippen LogP contribution in [0.5, 0.6) is 11.5 Å². The van der Waals surface area contributed by atoms with Gasteiger partial charge in [-0.05, 0) is 42.6 Å². The van der Waals surface area contributed by atoms with Crippen molar-refractivity contribution in [3.63, 3.8) is 0 Å². The summed E-state index contributed by atoms with van der Waals surface area (Å²) in [5, 5.41) is 1.20. The molecule has 0 atom stereocenters. The van der Waals surface area contributed by atoms with E-state index in [1.54, 1.807) is 12.4 Å². The van der Waals surface area contributed by atoms with Gasteiger partial charge in [-0.15, -0.1) is 0 Å². The van der Waals surface area contributed by atoms with Gasteiger partial charge in [-0.2, -0.15) is 0 Å². The number of H-pyrrole nitrogens is 1. The topological polar surface area (TPSA) is 37.9 Å². The average molecular weight is 224 g/mol. The zero-order valence-corrected chi connectivity index (χ0v) is 9.47. The second-order valence-electron chi connectivity index (χ2n) is 3.99. The SMILES string of the molecule is Cc1cc2ccc(Oc3cccnc3)cc2[nH]1. The predicted molar refractivity (Wildman–Crippen MR) is 67.3 cm³/mol. The van der Waals surface area contributed by atoms with Gasteiger partial charge in [0.1, 0.15) is 11.5 Å². The van der Waals surface area contributed by atoms with E-state index in [0.29, 0.717) is 0 Å². The second kappa shape index (κ2) is 3.94. The Morgan fingerprint density at radius 1 is 1.12 bits per heavy atom. The van der Waals surface area contributed by atoms with Crippen molar-refractivity contribution in [2.24, 2.45) is 0 Å². The summed E-state index contributed by atoms with van der Waals surface area (Å²) < 4.78 is 5.71. The standard InChI is InChI=1S/C14H12N2O/c1-10-7-11-4-5-12(8-14(11)16-10)17-13-3-2-6-15-9-13/h2-9,16H,1H3. The third-order valence-electron chi connectivity index (χ3n) is 2.60. The number of pyridine rings is 1. The molecule has 1 aromatic carbocycles. The molecule has 17 heavy (non-hydrogen) atoms. The third kappa shape index (κ3) is 1.99. The molecule has 3 rings (SSSR count). The Hall–Kier alpha value is -2.29. The number of aromatic amines is 1. The molecule has 0 aliphatic heterocycles. The summed E-state index contributed by atoms with van der Waals surface area (Å²) in [7, 11) is 0. The zero-order chi connectivity index (χ0) is 11.7. The van der Waals surface area contributed by atoms with Crippen LogP contribution in [0, 0.1) is 6.92 Å². The van der Waals surface area contributed by atoms with E-state index in [0.717, 1.165) is 22.7 Å². The highest BCUT2D eigenvalue weighted by Gasteiger charge is 2.01. The van der Waals surface area contributed by atoms with E-state index in [-0.39, 0.29) is 0 Å². The molecule has 0 aliphatic carbocycles. The molecule has 0 bridgehead atoms. The van der Waals surface area contributed by atoms with Gasteiger partial charge in [0, 0.05) is 23.5 Å². The van der Waals surface area contributed by atoms with Crippen LogP contribution < -0.4 is 4.74 Å². The van der Waals surface area contributed by atoms with Gasteiger partial charge >= 0.3 is 0 Å². The summed E-state index contributed by atoms with van der Waals surface area (Å²) in [6.45, 7) is 2.04. The molecule has 0 unspecified atom stereocenters. The molecule has 0 spiro atoms. The molecule has 84 valence electrons. The molecule has 0 fully saturated rings. The van der Waals surface area contributed by atoms with E-state index in [9.17, 15) is 0 Å². The Balaban J connectivity index is 1.95. The number of hydrogen-bond donors (Lipinski definition) is 1. The number of nitrogens with one attached hydrogen (secondary N) is 1. The lowest BCUT2D eigenvalue weighted by Gasteiger charge is -2.04. The molecule has 0 saturated heterocycles. The van der Waals surface area contributed by atoms with Crippen LogP contribution in [-0.4, -0.2) is 9.97 Å². The summed E-state index contributed by atoms with van der Waals surface area (Å²) in [4.78, 5) is 7.30. The predicted octanol–water partition coefficient (Wildman–Crippen LogP) is 3.66. The normalized spacial score (nSPS) is 10.6. The van der Waals surface area contributed by atoms with Gasteiger partial charge in [0.05, 0.1) is 6.20 Å². The smallest absolute Gasteiger partial charge is 0.145 e. The maximum Gasteiger partial charge on any atom is 0.145 e. The first-order chi connectivity index (χ1) is 8.31. The van der Waals surface area contributed by atoms with Gasteiger partial charge in [0.2, 0.25) is 0 Å². The van der Waals surface area contributed by atoms with Crippen molar-refractivity contribution >= 4 is 10.9 Å². The van der Waals surface area contributed by atoms with Crippen LogP contribution in [0.25, 0.3) is 10.9 Å². The zero-order valence-electron chi connectivity index (χ0n) is 9.47. The van der Waals surface area contributed by atoms with Crippen molar-refractivity contribution in [3.8, 4) is 11.5 Å². The van der Waals surface area contributed by atoms with Crippen LogP contribution in [0.15, 0.2) is 48.8 Å². The molecular weight excluding hydrogens is 212 g/mol. The Morgan fingerprint density at radius 2 is 2.06 bits per heavy atom. The van der Waals surface area contributed by atoms with Gasteiger partial charge < -0.3 is 9.72 Å². The van der Waals surface area contributed by atoms with Gasteiger partial charge in [0.25, 0.3) is 0 Å². The molecule has 3 nitrogen and oxygen atoms in total. The lowest BCUT2D eigenvalue weighted by Crippen LogP contribution is -1.84. The highest BCUT2D eigenvalue weighted by atomic mass is 16.5. The summed E-state index contributed by atoms with van der Waals surface area (Å²) in [5.74, 6) is 1.56. The fraction of sp³-hybridized carbons (Fsp3) is 0.0714. The maximum absolute atomic E-state index is 5.71. The fourth-order valence-corrected chi connectivity index (χ4v) is 1.86. The van der Waals surface area contributed by atoms with Crippen molar-refractivity contribution in [1.82, 2.24) is 9.97 Å². The summed E-state index contributed by atoms with van der Waals surface area (Å²) in [6.07, 6.45) is 3.43. The number of benzene rings is 1. The lowest BCUT2D eigenvalue weighted by atomic mass is 10.2.